The van der Waals surface area contributed by atoms with Gasteiger partial charge in [0.15, 0.2) is 9.84 Å². The van der Waals surface area contributed by atoms with Crippen LogP contribution in [0.5, 0.6) is 0 Å². The summed E-state index contributed by atoms with van der Waals surface area (Å²) in [5.41, 5.74) is 2.90. The highest BCUT2D eigenvalue weighted by molar-refractivity contribution is 7.91. The monoisotopic (exact) mass is 357 g/mol. The van der Waals surface area contributed by atoms with E-state index < -0.39 is 9.84 Å². The standard InChI is InChI=1S/C18H19N3O3S/c22-18(20-13-7-8-25(23,24)11-13)6-5-12-9-15-14-3-1-2-4-16(14)21-17(15)10-19-12/h1-4,9-10,13,21H,5-8,11H2,(H,20,22). The lowest BCUT2D eigenvalue weighted by Gasteiger charge is -2.10. The number of hydrogen-bond donors (Lipinski definition) is 2. The van der Waals surface area contributed by atoms with Crippen LogP contribution in [0.1, 0.15) is 18.5 Å². The van der Waals surface area contributed by atoms with E-state index in [9.17, 15) is 13.2 Å². The van der Waals surface area contributed by atoms with E-state index in [2.05, 4.69) is 21.4 Å². The quantitative estimate of drug-likeness (QED) is 0.746. The van der Waals surface area contributed by atoms with Gasteiger partial charge in [0.25, 0.3) is 0 Å². The Kier molecular flexibility index (Phi) is 3.95. The first kappa shape index (κ1) is 16.1. The number of H-pyrrole nitrogens is 1. The number of aromatic nitrogens is 2. The Balaban J connectivity index is 1.44. The van der Waals surface area contributed by atoms with Gasteiger partial charge >= 0.3 is 0 Å². The summed E-state index contributed by atoms with van der Waals surface area (Å²) in [6.45, 7) is 0. The number of nitrogens with one attached hydrogen (secondary N) is 2. The molecule has 1 fully saturated rings. The number of sulfone groups is 1. The molecule has 3 aromatic rings. The zero-order chi connectivity index (χ0) is 17.4. The molecule has 1 unspecified atom stereocenters. The Bertz CT molecular complexity index is 1060. The lowest BCUT2D eigenvalue weighted by molar-refractivity contribution is -0.121. The molecule has 0 radical (unpaired) electrons. The second-order valence-electron chi connectivity index (χ2n) is 6.56. The molecule has 4 rings (SSSR count). The van der Waals surface area contributed by atoms with Crippen LogP contribution in [-0.2, 0) is 21.1 Å². The molecule has 2 N–H and O–H groups in total. The van der Waals surface area contributed by atoms with Crippen LogP contribution in [0.15, 0.2) is 36.5 Å². The Labute approximate surface area is 145 Å². The molecule has 1 aliphatic rings. The summed E-state index contributed by atoms with van der Waals surface area (Å²) in [4.78, 5) is 19.8. The van der Waals surface area contributed by atoms with E-state index in [1.54, 1.807) is 6.20 Å². The Morgan fingerprint density at radius 3 is 2.88 bits per heavy atom. The van der Waals surface area contributed by atoms with Crippen LogP contribution in [0.4, 0.5) is 0 Å². The first-order valence-corrected chi connectivity index (χ1v) is 10.2. The summed E-state index contributed by atoms with van der Waals surface area (Å²) in [7, 11) is -2.98. The van der Waals surface area contributed by atoms with Crippen molar-refractivity contribution >= 4 is 37.6 Å². The van der Waals surface area contributed by atoms with E-state index in [-0.39, 0.29) is 23.5 Å². The van der Waals surface area contributed by atoms with Crippen LogP contribution in [-0.4, -0.2) is 41.8 Å². The molecule has 0 saturated carbocycles. The van der Waals surface area contributed by atoms with Crippen LogP contribution in [0.25, 0.3) is 21.8 Å². The molecule has 1 aliphatic heterocycles. The van der Waals surface area contributed by atoms with Crippen molar-refractivity contribution in [3.05, 3.63) is 42.2 Å². The van der Waals surface area contributed by atoms with E-state index in [0.29, 0.717) is 19.3 Å². The summed E-state index contributed by atoms with van der Waals surface area (Å²) in [5.74, 6) is 0.0950. The normalized spacial score (nSPS) is 19.4. The fourth-order valence-electron chi connectivity index (χ4n) is 3.38. The summed E-state index contributed by atoms with van der Waals surface area (Å²) in [6.07, 6.45) is 3.14. The van der Waals surface area contributed by atoms with Crippen molar-refractivity contribution in [1.29, 1.82) is 0 Å². The maximum Gasteiger partial charge on any atom is 0.220 e. The van der Waals surface area contributed by atoms with Gasteiger partial charge in [0.1, 0.15) is 0 Å². The smallest absolute Gasteiger partial charge is 0.220 e. The zero-order valence-electron chi connectivity index (χ0n) is 13.7. The maximum absolute atomic E-state index is 12.1. The van der Waals surface area contributed by atoms with Crippen molar-refractivity contribution in [2.45, 2.75) is 25.3 Å². The van der Waals surface area contributed by atoms with E-state index in [1.807, 2.05) is 24.3 Å². The minimum absolute atomic E-state index is 0.0539. The molecule has 1 atom stereocenters. The molecular formula is C18H19N3O3S. The van der Waals surface area contributed by atoms with Crippen molar-refractivity contribution < 1.29 is 13.2 Å². The van der Waals surface area contributed by atoms with Gasteiger partial charge in [-0.15, -0.1) is 0 Å². The molecule has 3 heterocycles. The highest BCUT2D eigenvalue weighted by atomic mass is 32.2. The number of nitrogens with zero attached hydrogens (tertiary/aromatic N) is 1. The first-order chi connectivity index (χ1) is 12.0. The molecule has 7 heteroatoms. The minimum atomic E-state index is -2.98. The first-order valence-electron chi connectivity index (χ1n) is 8.35. The van der Waals surface area contributed by atoms with Gasteiger partial charge in [-0.05, 0) is 25.0 Å². The summed E-state index contributed by atoms with van der Waals surface area (Å²) < 4.78 is 22.9. The fourth-order valence-corrected chi connectivity index (χ4v) is 5.05. The molecule has 2 aromatic heterocycles. The highest BCUT2D eigenvalue weighted by Gasteiger charge is 2.28. The topological polar surface area (TPSA) is 91.9 Å². The number of rotatable bonds is 4. The second kappa shape index (κ2) is 6.15. The van der Waals surface area contributed by atoms with Gasteiger partial charge in [-0.3, -0.25) is 9.78 Å². The fraction of sp³-hybridized carbons (Fsp3) is 0.333. The van der Waals surface area contributed by atoms with E-state index in [1.165, 1.54) is 0 Å². The van der Waals surface area contributed by atoms with Crippen molar-refractivity contribution in [2.24, 2.45) is 0 Å². The SMILES string of the molecule is O=C(CCc1cc2c(cn1)[nH]c1ccccc12)NC1CCS(=O)(=O)C1. The van der Waals surface area contributed by atoms with Crippen LogP contribution >= 0.6 is 0 Å². The number of benzene rings is 1. The number of para-hydroxylation sites is 1. The zero-order valence-corrected chi connectivity index (χ0v) is 14.5. The number of fused-ring (bicyclic) bond motifs is 3. The lowest BCUT2D eigenvalue weighted by Crippen LogP contribution is -2.35. The molecule has 6 nitrogen and oxygen atoms in total. The number of carbonyl (C=O) groups is 1. The minimum Gasteiger partial charge on any atom is -0.353 e. The Hall–Kier alpha value is -2.41. The van der Waals surface area contributed by atoms with Gasteiger partial charge in [0, 0.05) is 34.4 Å². The summed E-state index contributed by atoms with van der Waals surface area (Å²) in [5, 5.41) is 5.05. The molecule has 1 saturated heterocycles. The number of hydrogen-bond acceptors (Lipinski definition) is 4. The van der Waals surface area contributed by atoms with Gasteiger partial charge in [-0.2, -0.15) is 0 Å². The van der Waals surface area contributed by atoms with Crippen molar-refractivity contribution in [1.82, 2.24) is 15.3 Å². The van der Waals surface area contributed by atoms with Crippen LogP contribution in [0, 0.1) is 0 Å². The molecule has 1 aromatic carbocycles. The molecule has 0 bridgehead atoms. The number of aromatic amines is 1. The summed E-state index contributed by atoms with van der Waals surface area (Å²) >= 11 is 0. The average Bonchev–Trinajstić information content (AvgIpc) is 3.12. The predicted octanol–water partition coefficient (Wildman–Crippen LogP) is 1.95. The maximum atomic E-state index is 12.1. The van der Waals surface area contributed by atoms with Gasteiger partial charge < -0.3 is 10.3 Å². The predicted molar refractivity (Wildman–Crippen MR) is 97.1 cm³/mol. The number of carbonyl (C=O) groups excluding carboxylic acids is 1. The van der Waals surface area contributed by atoms with Crippen LogP contribution in [0.3, 0.4) is 0 Å². The van der Waals surface area contributed by atoms with Gasteiger partial charge in [-0.25, -0.2) is 8.42 Å². The number of amides is 1. The largest absolute Gasteiger partial charge is 0.353 e. The summed E-state index contributed by atoms with van der Waals surface area (Å²) in [6, 6.07) is 9.84. The Morgan fingerprint density at radius 1 is 1.24 bits per heavy atom. The van der Waals surface area contributed by atoms with Gasteiger partial charge in [0.05, 0.1) is 23.2 Å². The third-order valence-corrected chi connectivity index (χ3v) is 6.42. The molecular weight excluding hydrogens is 338 g/mol. The van der Waals surface area contributed by atoms with Gasteiger partial charge in [-0.1, -0.05) is 18.2 Å². The molecule has 1 amide bonds. The van der Waals surface area contributed by atoms with Crippen molar-refractivity contribution in [3.63, 3.8) is 0 Å². The molecule has 25 heavy (non-hydrogen) atoms. The highest BCUT2D eigenvalue weighted by Crippen LogP contribution is 2.25. The van der Waals surface area contributed by atoms with Crippen LogP contribution in [0.2, 0.25) is 0 Å². The Morgan fingerprint density at radius 2 is 2.08 bits per heavy atom. The van der Waals surface area contributed by atoms with E-state index >= 15 is 0 Å². The molecule has 0 aliphatic carbocycles. The van der Waals surface area contributed by atoms with E-state index in [4.69, 9.17) is 0 Å². The van der Waals surface area contributed by atoms with Crippen molar-refractivity contribution in [3.8, 4) is 0 Å². The molecule has 0 spiro atoms. The second-order valence-corrected chi connectivity index (χ2v) is 8.79. The number of aryl methyl sites for hydroxylation is 1. The van der Waals surface area contributed by atoms with Crippen molar-refractivity contribution in [2.75, 3.05) is 11.5 Å². The van der Waals surface area contributed by atoms with Gasteiger partial charge in [0.2, 0.25) is 5.91 Å². The third-order valence-electron chi connectivity index (χ3n) is 4.65. The van der Waals surface area contributed by atoms with Crippen LogP contribution < -0.4 is 5.32 Å². The average molecular weight is 357 g/mol. The third kappa shape index (κ3) is 3.37. The molecule has 130 valence electrons. The van der Waals surface area contributed by atoms with E-state index in [0.717, 1.165) is 27.5 Å². The number of pyridine rings is 1. The lowest BCUT2D eigenvalue weighted by atomic mass is 10.1.